The molecule has 0 N–H and O–H groups in total. The summed E-state index contributed by atoms with van der Waals surface area (Å²) in [5.41, 5.74) is 5.59. The van der Waals surface area contributed by atoms with Gasteiger partial charge in [-0.3, -0.25) is 9.59 Å². The average molecular weight is 483 g/mol. The van der Waals surface area contributed by atoms with Crippen molar-refractivity contribution in [3.8, 4) is 0 Å². The third-order valence-corrected chi connectivity index (χ3v) is 6.87. The first-order chi connectivity index (χ1) is 17.4. The van der Waals surface area contributed by atoms with E-state index < -0.39 is 0 Å². The van der Waals surface area contributed by atoms with Crippen LogP contribution in [-0.4, -0.2) is 28.8 Å². The number of pyridine rings is 1. The van der Waals surface area contributed by atoms with Crippen LogP contribution in [0.3, 0.4) is 0 Å². The first-order valence-electron chi connectivity index (χ1n) is 12.3. The maximum atomic E-state index is 15.5. The van der Waals surface area contributed by atoms with Crippen LogP contribution in [0.15, 0.2) is 83.8 Å². The van der Waals surface area contributed by atoms with Crippen molar-refractivity contribution < 1.29 is 10.6 Å². The molecule has 5 rings (SSSR count). The lowest BCUT2D eigenvalue weighted by Gasteiger charge is -2.35. The third kappa shape index (κ3) is 4.26. The van der Waals surface area contributed by atoms with Gasteiger partial charge in [-0.2, -0.15) is 0 Å². The smallest absolute Gasteiger partial charge is 0.193 e. The average Bonchev–Trinajstić information content (AvgIpc) is 3.71. The highest BCUT2D eigenvalue weighted by Gasteiger charge is 2.30. The molecule has 36 heavy (non-hydrogen) atoms. The number of rotatable bonds is 6. The lowest BCUT2D eigenvalue weighted by molar-refractivity contribution is 0.0975. The number of nitrogens with zero attached hydrogens (tertiary/aromatic N) is 2. The van der Waals surface area contributed by atoms with E-state index >= 15 is 4.39 Å². The molecule has 0 atom stereocenters. The number of Topliss-reactive ketones (excluding diaryl/α,β-unsaturated/α-hetero) is 1. The molecule has 3 aromatic rings. The number of ketones is 1. The van der Waals surface area contributed by atoms with E-state index in [1.54, 1.807) is 36.5 Å². The summed E-state index contributed by atoms with van der Waals surface area (Å²) >= 11 is 0. The number of hydrogen-bond donors (Lipinski definition) is 0. The molecule has 1 aromatic heterocycles. The molecule has 1 aliphatic carbocycles. The number of aromatic nitrogens is 1. The maximum absolute atomic E-state index is 15.5. The summed E-state index contributed by atoms with van der Waals surface area (Å²) in [5, 5.41) is 0. The quantitative estimate of drug-likeness (QED) is 0.310. The molecule has 2 heterocycles. The lowest BCUT2D eigenvalue weighted by atomic mass is 9.86. The number of likely N-dealkylation sites (N-methyl/N-ethyl adjacent to an activating group) is 1. The highest BCUT2D eigenvalue weighted by atomic mass is 19.1. The molecule has 5 heteroatoms. The van der Waals surface area contributed by atoms with E-state index in [9.17, 15) is 9.59 Å². The molecule has 0 saturated heterocycles. The summed E-state index contributed by atoms with van der Waals surface area (Å²) in [6.45, 7) is 5.39. The summed E-state index contributed by atoms with van der Waals surface area (Å²) in [6.07, 6.45) is 8.16. The molecule has 184 valence electrons. The van der Waals surface area contributed by atoms with Crippen LogP contribution in [0.4, 0.5) is 4.39 Å². The zero-order valence-corrected chi connectivity index (χ0v) is 20.8. The van der Waals surface area contributed by atoms with Gasteiger partial charge in [0.15, 0.2) is 11.2 Å². The molecule has 0 bridgehead atoms. The Bertz CT molecular complexity index is 1510. The lowest BCUT2D eigenvalue weighted by Crippen LogP contribution is -2.33. The molecule has 1 aliphatic heterocycles. The second kappa shape index (κ2) is 9.57. The van der Waals surface area contributed by atoms with Crippen molar-refractivity contribution in [2.45, 2.75) is 26.8 Å². The van der Waals surface area contributed by atoms with Gasteiger partial charge in [0.05, 0.1) is 22.9 Å². The predicted octanol–water partition coefficient (Wildman–Crippen LogP) is 6.22. The first-order valence-corrected chi connectivity index (χ1v) is 12.3. The van der Waals surface area contributed by atoms with Crippen molar-refractivity contribution in [1.82, 2.24) is 9.47 Å². The molecule has 0 unspecified atom stereocenters. The summed E-state index contributed by atoms with van der Waals surface area (Å²) in [5.74, 6) is -0.762. The van der Waals surface area contributed by atoms with Gasteiger partial charge < -0.3 is 9.47 Å². The Labute approximate surface area is 212 Å². The molecule has 0 fully saturated rings. The van der Waals surface area contributed by atoms with E-state index in [-0.39, 0.29) is 29.9 Å². The summed E-state index contributed by atoms with van der Waals surface area (Å²) in [4.78, 5) is 28.0. The van der Waals surface area contributed by atoms with Crippen molar-refractivity contribution in [2.24, 2.45) is 5.92 Å². The van der Waals surface area contributed by atoms with Gasteiger partial charge in [-0.25, -0.2) is 4.39 Å². The van der Waals surface area contributed by atoms with E-state index in [1.807, 2.05) is 29.8 Å². The minimum Gasteiger partial charge on any atom is -0.371 e. The fourth-order valence-corrected chi connectivity index (χ4v) is 4.93. The van der Waals surface area contributed by atoms with Gasteiger partial charge >= 0.3 is 0 Å². The first kappa shape index (κ1) is 23.7. The number of carbonyl (C=O) groups is 1. The Morgan fingerprint density at radius 3 is 2.42 bits per heavy atom. The van der Waals surface area contributed by atoms with E-state index in [2.05, 4.69) is 37.0 Å². The molecule has 0 saturated carbocycles. The Morgan fingerprint density at radius 2 is 1.75 bits per heavy atom. The molecule has 0 spiro atoms. The van der Waals surface area contributed by atoms with Gasteiger partial charge in [0.1, 0.15) is 5.82 Å². The van der Waals surface area contributed by atoms with E-state index in [0.717, 1.165) is 34.4 Å². The Morgan fingerprint density at radius 1 is 1.06 bits per heavy atom. The predicted molar refractivity (Wildman–Crippen MR) is 145 cm³/mol. The Kier molecular flexibility index (Phi) is 6.31. The van der Waals surface area contributed by atoms with Gasteiger partial charge in [-0.05, 0) is 36.1 Å². The molecule has 0 radical (unpaired) electrons. The van der Waals surface area contributed by atoms with Crippen molar-refractivity contribution in [3.63, 3.8) is 0 Å². The van der Waals surface area contributed by atoms with Crippen LogP contribution < -0.4 is 5.43 Å². The zero-order valence-electron chi connectivity index (χ0n) is 20.8. The van der Waals surface area contributed by atoms with Gasteiger partial charge in [-0.1, -0.05) is 67.6 Å². The molecule has 2 aromatic carbocycles. The summed E-state index contributed by atoms with van der Waals surface area (Å²) < 4.78 is 17.4. The van der Waals surface area contributed by atoms with Gasteiger partial charge in [0.25, 0.3) is 0 Å². The fraction of sp³-hybridized carbons (Fsp3) is 0.226. The standard InChI is InChI=1S/C31H29FN2O2.H2/c1-4-9-23(22-11-6-5-10-20(22)2)29(24-12-7-8-13-26(24)32)30-27-18-28(35)25(31(36)21-14-15-21)19-34(27)17-16-33(30)3;/h5-15,18-19,21H,4,16-17H2,1-3H3;1H/b23-9+,30-29+;. The molecule has 4 nitrogen and oxygen atoms in total. The number of benzene rings is 2. The third-order valence-electron chi connectivity index (χ3n) is 6.87. The van der Waals surface area contributed by atoms with Crippen molar-refractivity contribution in [1.29, 1.82) is 0 Å². The van der Waals surface area contributed by atoms with Crippen LogP contribution in [0.2, 0.25) is 0 Å². The van der Waals surface area contributed by atoms with Crippen LogP contribution >= 0.6 is 0 Å². The number of allylic oxidation sites excluding steroid dienone is 5. The van der Waals surface area contributed by atoms with Crippen LogP contribution in [0, 0.1) is 18.7 Å². The van der Waals surface area contributed by atoms with E-state index in [4.69, 9.17) is 0 Å². The summed E-state index contributed by atoms with van der Waals surface area (Å²) in [7, 11) is 1.97. The number of halogens is 1. The normalized spacial score (nSPS) is 16.7. The van der Waals surface area contributed by atoms with Crippen LogP contribution in [-0.2, 0) is 6.54 Å². The van der Waals surface area contributed by atoms with E-state index in [0.29, 0.717) is 24.3 Å². The summed E-state index contributed by atoms with van der Waals surface area (Å²) in [6, 6.07) is 16.4. The SMILES string of the molecule is CC/C=C(/C(=C1/c2cc(=O)c(C(=O)C3C=C3)cn2CCN1C)c1ccccc1F)c1ccccc1C.[HH]. The fourth-order valence-electron chi connectivity index (χ4n) is 4.93. The number of carbonyl (C=O) groups excluding carboxylic acids is 1. The molecule has 2 aliphatic rings. The van der Waals surface area contributed by atoms with Gasteiger partial charge in [-0.15, -0.1) is 0 Å². The van der Waals surface area contributed by atoms with Crippen molar-refractivity contribution >= 4 is 22.6 Å². The zero-order chi connectivity index (χ0) is 25.4. The molecular weight excluding hydrogens is 451 g/mol. The maximum Gasteiger partial charge on any atom is 0.193 e. The number of aryl methyl sites for hydroxylation is 1. The van der Waals surface area contributed by atoms with E-state index in [1.165, 1.54) is 6.07 Å². The minimum absolute atomic E-state index is 0. The second-order valence-electron chi connectivity index (χ2n) is 9.37. The minimum atomic E-state index is -0.324. The monoisotopic (exact) mass is 482 g/mol. The van der Waals surface area contributed by atoms with Gasteiger partial charge in [0, 0.05) is 45.0 Å². The Balaban J connectivity index is 0.00000320. The topological polar surface area (TPSA) is 42.3 Å². The van der Waals surface area contributed by atoms with Crippen LogP contribution in [0.5, 0.6) is 0 Å². The Hall–Kier alpha value is -3.99. The van der Waals surface area contributed by atoms with Crippen LogP contribution in [0.1, 0.15) is 47.5 Å². The number of fused-ring (bicyclic) bond motifs is 1. The number of hydrogen-bond acceptors (Lipinski definition) is 3. The molecule has 0 amide bonds. The highest BCUT2D eigenvalue weighted by molar-refractivity contribution is 6.14. The highest BCUT2D eigenvalue weighted by Crippen LogP contribution is 2.42. The molecular formula is C31H31FN2O2. The van der Waals surface area contributed by atoms with Crippen molar-refractivity contribution in [2.75, 3.05) is 13.6 Å². The van der Waals surface area contributed by atoms with Crippen molar-refractivity contribution in [3.05, 3.63) is 123 Å². The second-order valence-corrected chi connectivity index (χ2v) is 9.37. The van der Waals surface area contributed by atoms with Crippen LogP contribution in [0.25, 0.3) is 16.8 Å². The van der Waals surface area contributed by atoms with Gasteiger partial charge in [0.2, 0.25) is 0 Å². The largest absolute Gasteiger partial charge is 0.371 e.